The van der Waals surface area contributed by atoms with Gasteiger partial charge < -0.3 is 9.84 Å². The zero-order chi connectivity index (χ0) is 22.9. The lowest BCUT2D eigenvalue weighted by Gasteiger charge is -2.33. The molecule has 0 bridgehead atoms. The molecule has 0 spiro atoms. The van der Waals surface area contributed by atoms with Crippen LogP contribution >= 0.6 is 0 Å². The van der Waals surface area contributed by atoms with Gasteiger partial charge in [0.05, 0.1) is 24.1 Å². The van der Waals surface area contributed by atoms with Gasteiger partial charge in [-0.3, -0.25) is 19.7 Å². The Bertz CT molecular complexity index is 1010. The molecule has 0 unspecified atom stereocenters. The number of rotatable bonds is 7. The van der Waals surface area contributed by atoms with Crippen LogP contribution in [0.3, 0.4) is 0 Å². The summed E-state index contributed by atoms with van der Waals surface area (Å²) in [5.41, 5.74) is -0.0682. The van der Waals surface area contributed by atoms with Crippen molar-refractivity contribution in [3.05, 3.63) is 60.2 Å². The van der Waals surface area contributed by atoms with Crippen LogP contribution in [0.15, 0.2) is 54.6 Å². The highest BCUT2D eigenvalue weighted by atomic mass is 16.5. The molecule has 2 saturated heterocycles. The number of aromatic hydroxyl groups is 1. The SMILES string of the molecule is CCCC[C@]1(C(=O)OCC)N[C@H](c2ccc(O)cc2)[C@H]2C(=O)N(c3ccccc3)C(=O)[C@H]21. The summed E-state index contributed by atoms with van der Waals surface area (Å²) >= 11 is 0. The molecule has 4 rings (SSSR count). The maximum absolute atomic E-state index is 13.7. The van der Waals surface area contributed by atoms with Crippen LogP contribution in [0.5, 0.6) is 5.75 Å². The second-order valence-electron chi connectivity index (χ2n) is 8.36. The van der Waals surface area contributed by atoms with E-state index in [1.807, 2.05) is 13.0 Å². The lowest BCUT2D eigenvalue weighted by Crippen LogP contribution is -2.56. The smallest absolute Gasteiger partial charge is 0.327 e. The molecule has 0 aliphatic carbocycles. The van der Waals surface area contributed by atoms with Crippen molar-refractivity contribution in [2.45, 2.75) is 44.7 Å². The van der Waals surface area contributed by atoms with E-state index in [2.05, 4.69) is 5.32 Å². The van der Waals surface area contributed by atoms with Crippen molar-refractivity contribution in [2.75, 3.05) is 11.5 Å². The predicted molar refractivity (Wildman–Crippen MR) is 119 cm³/mol. The highest BCUT2D eigenvalue weighted by molar-refractivity contribution is 6.24. The molecule has 7 nitrogen and oxygen atoms in total. The number of nitrogens with one attached hydrogen (secondary N) is 1. The van der Waals surface area contributed by atoms with Crippen LogP contribution in [0.1, 0.15) is 44.7 Å². The molecule has 2 heterocycles. The molecular formula is C25H28N2O5. The van der Waals surface area contributed by atoms with Crippen LogP contribution in [0.2, 0.25) is 0 Å². The van der Waals surface area contributed by atoms with Crippen molar-refractivity contribution in [1.82, 2.24) is 5.32 Å². The van der Waals surface area contributed by atoms with E-state index in [1.54, 1.807) is 55.5 Å². The van der Waals surface area contributed by atoms with Gasteiger partial charge in [-0.15, -0.1) is 0 Å². The molecule has 2 N–H and O–H groups in total. The van der Waals surface area contributed by atoms with Gasteiger partial charge in [0.25, 0.3) is 0 Å². The van der Waals surface area contributed by atoms with Crippen LogP contribution in [-0.2, 0) is 19.1 Å². The van der Waals surface area contributed by atoms with Crippen molar-refractivity contribution < 1.29 is 24.2 Å². The highest BCUT2D eigenvalue weighted by Gasteiger charge is 2.68. The van der Waals surface area contributed by atoms with E-state index in [4.69, 9.17) is 4.74 Å². The maximum Gasteiger partial charge on any atom is 0.327 e. The van der Waals surface area contributed by atoms with Crippen LogP contribution in [0, 0.1) is 11.8 Å². The van der Waals surface area contributed by atoms with E-state index in [-0.39, 0.29) is 24.2 Å². The number of phenols is 1. The Kier molecular flexibility index (Phi) is 6.02. The summed E-state index contributed by atoms with van der Waals surface area (Å²) < 4.78 is 5.44. The first-order valence-electron chi connectivity index (χ1n) is 11.1. The number of carbonyl (C=O) groups is 3. The van der Waals surface area contributed by atoms with Gasteiger partial charge in [-0.1, -0.05) is 50.1 Å². The van der Waals surface area contributed by atoms with Gasteiger partial charge in [-0.2, -0.15) is 0 Å². The number of ether oxygens (including phenoxy) is 1. The number of hydrogen-bond donors (Lipinski definition) is 2. The van der Waals surface area contributed by atoms with E-state index in [0.717, 1.165) is 12.0 Å². The largest absolute Gasteiger partial charge is 0.508 e. The number of unbranched alkanes of at least 4 members (excludes halogenated alkanes) is 1. The number of fused-ring (bicyclic) bond motifs is 1. The summed E-state index contributed by atoms with van der Waals surface area (Å²) in [5.74, 6) is -2.75. The maximum atomic E-state index is 13.7. The Labute approximate surface area is 187 Å². The van der Waals surface area contributed by atoms with Gasteiger partial charge in [-0.25, -0.2) is 4.90 Å². The quantitative estimate of drug-likeness (QED) is 0.511. The Morgan fingerprint density at radius 3 is 2.38 bits per heavy atom. The first kappa shape index (κ1) is 22.0. The molecule has 2 aliphatic heterocycles. The first-order chi connectivity index (χ1) is 15.4. The summed E-state index contributed by atoms with van der Waals surface area (Å²) in [6.45, 7) is 3.92. The average molecular weight is 437 g/mol. The Morgan fingerprint density at radius 2 is 1.75 bits per heavy atom. The molecule has 2 aromatic rings. The number of amides is 2. The molecule has 4 atom stereocenters. The van der Waals surface area contributed by atoms with Gasteiger partial charge in [0.1, 0.15) is 11.3 Å². The number of phenolic OH excluding ortho intramolecular Hbond substituents is 1. The summed E-state index contributed by atoms with van der Waals surface area (Å²) in [4.78, 5) is 41.9. The minimum atomic E-state index is -1.30. The van der Waals surface area contributed by atoms with Gasteiger partial charge in [-0.05, 0) is 43.2 Å². The van der Waals surface area contributed by atoms with Crippen LogP contribution < -0.4 is 10.2 Å². The van der Waals surface area contributed by atoms with Crippen molar-refractivity contribution in [2.24, 2.45) is 11.8 Å². The third kappa shape index (κ3) is 3.46. The Morgan fingerprint density at radius 1 is 1.06 bits per heavy atom. The van der Waals surface area contributed by atoms with Crippen molar-refractivity contribution in [3.8, 4) is 5.75 Å². The summed E-state index contributed by atoms with van der Waals surface area (Å²) in [5, 5.41) is 13.1. The van der Waals surface area contributed by atoms with E-state index in [0.29, 0.717) is 18.5 Å². The standard InChI is InChI=1S/C25H28N2O5/c1-3-5-15-25(24(31)32-4-2)20-19(21(26-25)16-11-13-18(28)14-12-16)22(29)27(23(20)30)17-9-7-6-8-10-17/h6-14,19-21,26,28H,3-5,15H2,1-2H3/t19-,20-,21+,25-/m0/s1. The van der Waals surface area contributed by atoms with Gasteiger partial charge >= 0.3 is 5.97 Å². The molecular weight excluding hydrogens is 408 g/mol. The first-order valence-corrected chi connectivity index (χ1v) is 11.1. The van der Waals surface area contributed by atoms with E-state index in [9.17, 15) is 19.5 Å². The molecule has 2 aliphatic rings. The van der Waals surface area contributed by atoms with Gasteiger partial charge in [0, 0.05) is 6.04 Å². The lowest BCUT2D eigenvalue weighted by molar-refractivity contribution is -0.155. The Balaban J connectivity index is 1.85. The molecule has 0 radical (unpaired) electrons. The summed E-state index contributed by atoms with van der Waals surface area (Å²) in [7, 11) is 0. The second kappa shape index (κ2) is 8.74. The van der Waals surface area contributed by atoms with E-state index in [1.165, 1.54) is 4.90 Å². The molecule has 7 heteroatoms. The molecule has 2 amide bonds. The number of hydrogen-bond acceptors (Lipinski definition) is 6. The van der Waals surface area contributed by atoms with Crippen LogP contribution in [0.4, 0.5) is 5.69 Å². The van der Waals surface area contributed by atoms with E-state index >= 15 is 0 Å². The average Bonchev–Trinajstić information content (AvgIpc) is 3.28. The van der Waals surface area contributed by atoms with Crippen molar-refractivity contribution in [1.29, 1.82) is 0 Å². The number of esters is 1. The number of imide groups is 1. The minimum absolute atomic E-state index is 0.102. The Hall–Kier alpha value is -3.19. The molecule has 0 saturated carbocycles. The minimum Gasteiger partial charge on any atom is -0.508 e. The number of benzene rings is 2. The molecule has 0 aromatic heterocycles. The van der Waals surface area contributed by atoms with Crippen molar-refractivity contribution >= 4 is 23.5 Å². The third-order valence-corrected chi connectivity index (χ3v) is 6.49. The van der Waals surface area contributed by atoms with Gasteiger partial charge in [0.15, 0.2) is 0 Å². The van der Waals surface area contributed by atoms with Crippen LogP contribution in [-0.4, -0.2) is 35.0 Å². The number of nitrogens with zero attached hydrogens (tertiary/aromatic N) is 1. The lowest BCUT2D eigenvalue weighted by atomic mass is 9.76. The molecule has 2 fully saturated rings. The fraction of sp³-hybridized carbons (Fsp3) is 0.400. The topological polar surface area (TPSA) is 95.9 Å². The normalized spacial score (nSPS) is 26.9. The predicted octanol–water partition coefficient (Wildman–Crippen LogP) is 3.33. The van der Waals surface area contributed by atoms with Gasteiger partial charge in [0.2, 0.25) is 11.8 Å². The van der Waals surface area contributed by atoms with Crippen molar-refractivity contribution in [3.63, 3.8) is 0 Å². The number of anilines is 1. The summed E-state index contributed by atoms with van der Waals surface area (Å²) in [6.07, 6.45) is 1.92. The zero-order valence-electron chi connectivity index (χ0n) is 18.3. The fourth-order valence-corrected chi connectivity index (χ4v) is 5.04. The summed E-state index contributed by atoms with van der Waals surface area (Å²) in [6, 6.07) is 14.8. The monoisotopic (exact) mass is 436 g/mol. The molecule has 168 valence electrons. The number of carbonyl (C=O) groups excluding carboxylic acids is 3. The van der Waals surface area contributed by atoms with E-state index < -0.39 is 29.4 Å². The van der Waals surface area contributed by atoms with Crippen LogP contribution in [0.25, 0.3) is 0 Å². The molecule has 32 heavy (non-hydrogen) atoms. The zero-order valence-corrected chi connectivity index (χ0v) is 18.3. The third-order valence-electron chi connectivity index (χ3n) is 6.49. The fourth-order valence-electron chi connectivity index (χ4n) is 5.04. The molecule has 2 aromatic carbocycles. The highest BCUT2D eigenvalue weighted by Crippen LogP contribution is 2.51. The number of para-hydroxylation sites is 1. The second-order valence-corrected chi connectivity index (χ2v) is 8.36.